The first-order valence-corrected chi connectivity index (χ1v) is 5.08. The predicted octanol–water partition coefficient (Wildman–Crippen LogP) is 1.08. The van der Waals surface area contributed by atoms with Gasteiger partial charge in [-0.05, 0) is 12.5 Å². The highest BCUT2D eigenvalue weighted by atomic mass is 15.3. The van der Waals surface area contributed by atoms with Crippen LogP contribution < -0.4 is 0 Å². The SMILES string of the molecule is CCc1[nH]ncc1-c1nnc2ncccn12. The van der Waals surface area contributed by atoms with Gasteiger partial charge in [-0.25, -0.2) is 4.98 Å². The van der Waals surface area contributed by atoms with E-state index in [1.165, 1.54) is 0 Å². The molecule has 0 saturated heterocycles. The fourth-order valence-electron chi connectivity index (χ4n) is 1.70. The van der Waals surface area contributed by atoms with Crippen molar-refractivity contribution in [1.82, 2.24) is 29.8 Å². The monoisotopic (exact) mass is 214 g/mol. The number of aromatic amines is 1. The summed E-state index contributed by atoms with van der Waals surface area (Å²) in [7, 11) is 0. The van der Waals surface area contributed by atoms with Crippen molar-refractivity contribution in [2.75, 3.05) is 0 Å². The summed E-state index contributed by atoms with van der Waals surface area (Å²) in [5, 5.41) is 15.1. The minimum absolute atomic E-state index is 0.598. The average molecular weight is 214 g/mol. The minimum atomic E-state index is 0.598. The van der Waals surface area contributed by atoms with Crippen LogP contribution in [0.15, 0.2) is 24.7 Å². The molecule has 3 heterocycles. The second-order valence-corrected chi connectivity index (χ2v) is 3.43. The molecule has 0 radical (unpaired) electrons. The number of nitrogens with one attached hydrogen (secondary N) is 1. The van der Waals surface area contributed by atoms with Crippen LogP contribution in [-0.4, -0.2) is 29.8 Å². The van der Waals surface area contributed by atoms with Crippen LogP contribution in [0.2, 0.25) is 0 Å². The first kappa shape index (κ1) is 9.02. The number of aromatic nitrogens is 6. The number of hydrogen-bond donors (Lipinski definition) is 1. The molecule has 0 aliphatic heterocycles. The summed E-state index contributed by atoms with van der Waals surface area (Å²) in [6, 6.07) is 1.85. The van der Waals surface area contributed by atoms with Gasteiger partial charge in [-0.1, -0.05) is 6.92 Å². The number of rotatable bonds is 2. The zero-order valence-electron chi connectivity index (χ0n) is 8.75. The number of fused-ring (bicyclic) bond motifs is 1. The average Bonchev–Trinajstić information content (AvgIpc) is 2.94. The maximum atomic E-state index is 4.14. The highest BCUT2D eigenvalue weighted by Gasteiger charge is 2.12. The molecule has 0 spiro atoms. The molecule has 0 aliphatic carbocycles. The molecule has 0 amide bonds. The van der Waals surface area contributed by atoms with Crippen molar-refractivity contribution in [3.05, 3.63) is 30.4 Å². The van der Waals surface area contributed by atoms with E-state index in [4.69, 9.17) is 0 Å². The van der Waals surface area contributed by atoms with Crippen LogP contribution in [0.4, 0.5) is 0 Å². The first-order chi connectivity index (χ1) is 7.90. The van der Waals surface area contributed by atoms with Crippen LogP contribution >= 0.6 is 0 Å². The Hall–Kier alpha value is -2.24. The molecular weight excluding hydrogens is 204 g/mol. The van der Waals surface area contributed by atoms with Crippen LogP contribution in [0, 0.1) is 0 Å². The van der Waals surface area contributed by atoms with Crippen molar-refractivity contribution < 1.29 is 0 Å². The molecule has 6 nitrogen and oxygen atoms in total. The summed E-state index contributed by atoms with van der Waals surface area (Å²) in [6.45, 7) is 2.07. The third kappa shape index (κ3) is 1.19. The number of nitrogens with zero attached hydrogens (tertiary/aromatic N) is 5. The Morgan fingerprint density at radius 2 is 2.31 bits per heavy atom. The maximum absolute atomic E-state index is 4.14. The number of H-pyrrole nitrogens is 1. The summed E-state index contributed by atoms with van der Waals surface area (Å²) < 4.78 is 1.85. The van der Waals surface area contributed by atoms with Gasteiger partial charge in [0.1, 0.15) is 0 Å². The molecule has 80 valence electrons. The standard InChI is InChI=1S/C10H10N6/c1-2-8-7(6-12-13-8)9-14-15-10-11-4-3-5-16(9)10/h3-6H,2H2,1H3,(H,12,13). The van der Waals surface area contributed by atoms with Gasteiger partial charge >= 0.3 is 0 Å². The Balaban J connectivity index is 2.26. The van der Waals surface area contributed by atoms with E-state index < -0.39 is 0 Å². The van der Waals surface area contributed by atoms with E-state index in [1.54, 1.807) is 12.4 Å². The molecule has 3 aromatic heterocycles. The maximum Gasteiger partial charge on any atom is 0.255 e. The lowest BCUT2D eigenvalue weighted by Gasteiger charge is -1.98. The molecule has 3 aromatic rings. The topological polar surface area (TPSA) is 71.8 Å². The van der Waals surface area contributed by atoms with Gasteiger partial charge < -0.3 is 0 Å². The van der Waals surface area contributed by atoms with E-state index in [1.807, 2.05) is 16.7 Å². The molecule has 0 saturated carbocycles. The Labute approximate surface area is 91.4 Å². The summed E-state index contributed by atoms with van der Waals surface area (Å²) >= 11 is 0. The van der Waals surface area contributed by atoms with Crippen LogP contribution in [0.3, 0.4) is 0 Å². The third-order valence-electron chi connectivity index (χ3n) is 2.50. The lowest BCUT2D eigenvalue weighted by molar-refractivity contribution is 0.972. The first-order valence-electron chi connectivity index (χ1n) is 5.08. The van der Waals surface area contributed by atoms with Crippen LogP contribution in [0.25, 0.3) is 17.2 Å². The molecular formula is C10H10N6. The Morgan fingerprint density at radius 1 is 1.38 bits per heavy atom. The molecule has 3 rings (SSSR count). The zero-order chi connectivity index (χ0) is 11.0. The van der Waals surface area contributed by atoms with Gasteiger partial charge in [-0.15, -0.1) is 10.2 Å². The van der Waals surface area contributed by atoms with Gasteiger partial charge in [-0.2, -0.15) is 5.10 Å². The lowest BCUT2D eigenvalue weighted by atomic mass is 10.2. The van der Waals surface area contributed by atoms with E-state index in [2.05, 4.69) is 32.3 Å². The molecule has 1 N–H and O–H groups in total. The fraction of sp³-hybridized carbons (Fsp3) is 0.200. The molecule has 0 aliphatic rings. The summed E-state index contributed by atoms with van der Waals surface area (Å²) in [6.07, 6.45) is 6.24. The minimum Gasteiger partial charge on any atom is -0.282 e. The van der Waals surface area contributed by atoms with Crippen LogP contribution in [0.1, 0.15) is 12.6 Å². The lowest BCUT2D eigenvalue weighted by Crippen LogP contribution is -1.92. The fourth-order valence-corrected chi connectivity index (χ4v) is 1.70. The van der Waals surface area contributed by atoms with Crippen molar-refractivity contribution >= 4 is 5.78 Å². The molecule has 0 aromatic carbocycles. The Morgan fingerprint density at radius 3 is 3.19 bits per heavy atom. The Kier molecular flexibility index (Phi) is 1.92. The van der Waals surface area contributed by atoms with Gasteiger partial charge in [0, 0.05) is 18.1 Å². The molecule has 0 unspecified atom stereocenters. The van der Waals surface area contributed by atoms with Gasteiger partial charge in [0.25, 0.3) is 5.78 Å². The smallest absolute Gasteiger partial charge is 0.255 e. The second-order valence-electron chi connectivity index (χ2n) is 3.43. The van der Waals surface area contributed by atoms with Gasteiger partial charge in [0.05, 0.1) is 11.8 Å². The van der Waals surface area contributed by atoms with E-state index in [9.17, 15) is 0 Å². The molecule has 0 atom stereocenters. The van der Waals surface area contributed by atoms with Gasteiger partial charge in [0.15, 0.2) is 5.82 Å². The van der Waals surface area contributed by atoms with Crippen LogP contribution in [-0.2, 0) is 6.42 Å². The predicted molar refractivity (Wildman–Crippen MR) is 57.7 cm³/mol. The molecule has 16 heavy (non-hydrogen) atoms. The summed E-state index contributed by atoms with van der Waals surface area (Å²) in [5.41, 5.74) is 2.03. The number of hydrogen-bond acceptors (Lipinski definition) is 4. The van der Waals surface area contributed by atoms with Crippen LogP contribution in [0.5, 0.6) is 0 Å². The zero-order valence-corrected chi connectivity index (χ0v) is 8.75. The highest BCUT2D eigenvalue weighted by Crippen LogP contribution is 2.20. The molecule has 6 heteroatoms. The highest BCUT2D eigenvalue weighted by molar-refractivity contribution is 5.59. The summed E-state index contributed by atoms with van der Waals surface area (Å²) in [5.74, 6) is 1.37. The van der Waals surface area contributed by atoms with Crippen molar-refractivity contribution in [3.63, 3.8) is 0 Å². The van der Waals surface area contributed by atoms with Gasteiger partial charge in [-0.3, -0.25) is 9.50 Å². The summed E-state index contributed by atoms with van der Waals surface area (Å²) in [4.78, 5) is 4.13. The quantitative estimate of drug-likeness (QED) is 0.692. The number of aryl methyl sites for hydroxylation is 1. The largest absolute Gasteiger partial charge is 0.282 e. The molecule has 0 fully saturated rings. The van der Waals surface area contributed by atoms with Crippen molar-refractivity contribution in [2.24, 2.45) is 0 Å². The van der Waals surface area contributed by atoms with E-state index in [0.29, 0.717) is 5.78 Å². The molecule has 0 bridgehead atoms. The van der Waals surface area contributed by atoms with Crippen molar-refractivity contribution in [3.8, 4) is 11.4 Å². The third-order valence-corrected chi connectivity index (χ3v) is 2.50. The van der Waals surface area contributed by atoms with E-state index in [0.717, 1.165) is 23.5 Å². The van der Waals surface area contributed by atoms with Crippen molar-refractivity contribution in [2.45, 2.75) is 13.3 Å². The Bertz CT molecular complexity index is 623. The van der Waals surface area contributed by atoms with Crippen molar-refractivity contribution in [1.29, 1.82) is 0 Å². The normalized spacial score (nSPS) is 11.1. The van der Waals surface area contributed by atoms with E-state index >= 15 is 0 Å². The second kappa shape index (κ2) is 3.41. The van der Waals surface area contributed by atoms with Gasteiger partial charge in [0.2, 0.25) is 0 Å². The van der Waals surface area contributed by atoms with E-state index in [-0.39, 0.29) is 0 Å².